The fourth-order valence-corrected chi connectivity index (χ4v) is 2.05. The average molecular weight is 228 g/mol. The summed E-state index contributed by atoms with van der Waals surface area (Å²) in [5.41, 5.74) is 4.14. The Morgan fingerprint density at radius 1 is 1.06 bits per heavy atom. The van der Waals surface area contributed by atoms with Crippen LogP contribution >= 0.6 is 0 Å². The molecule has 0 fully saturated rings. The van der Waals surface area contributed by atoms with Gasteiger partial charge in [0.05, 0.1) is 5.56 Å². The molecule has 17 heavy (non-hydrogen) atoms. The first kappa shape index (κ1) is 11.5. The summed E-state index contributed by atoms with van der Waals surface area (Å²) in [7, 11) is 0. The molecule has 0 heterocycles. The molecule has 0 radical (unpaired) electrons. The van der Waals surface area contributed by atoms with Crippen molar-refractivity contribution < 1.29 is 9.18 Å². The molecule has 0 aromatic heterocycles. The molecule has 2 heteroatoms. The topological polar surface area (TPSA) is 17.1 Å². The molecule has 1 nitrogen and oxygen atoms in total. The van der Waals surface area contributed by atoms with Crippen LogP contribution in [0.3, 0.4) is 0 Å². The van der Waals surface area contributed by atoms with E-state index in [0.29, 0.717) is 6.29 Å². The Balaban J connectivity index is 2.61. The Bertz CT molecular complexity index is 553. The molecule has 86 valence electrons. The van der Waals surface area contributed by atoms with Gasteiger partial charge in [-0.1, -0.05) is 24.3 Å². The standard InChI is InChI=1S/C15H13FO/c1-10-4-3-5-11(2)15(10)12-6-7-13(9-17)14(16)8-12/h3-9H,1-2H3. The molecule has 0 bridgehead atoms. The molecule has 0 saturated heterocycles. The molecule has 2 aromatic rings. The van der Waals surface area contributed by atoms with Crippen molar-refractivity contribution in [2.75, 3.05) is 0 Å². The first-order valence-electron chi connectivity index (χ1n) is 5.45. The van der Waals surface area contributed by atoms with E-state index in [1.54, 1.807) is 6.07 Å². The van der Waals surface area contributed by atoms with Crippen molar-refractivity contribution in [1.82, 2.24) is 0 Å². The van der Waals surface area contributed by atoms with E-state index in [-0.39, 0.29) is 5.56 Å². The maximum Gasteiger partial charge on any atom is 0.152 e. The molecule has 0 amide bonds. The number of carbonyl (C=O) groups is 1. The van der Waals surface area contributed by atoms with Crippen molar-refractivity contribution in [3.05, 3.63) is 58.9 Å². The highest BCUT2D eigenvalue weighted by Crippen LogP contribution is 2.28. The highest BCUT2D eigenvalue weighted by Gasteiger charge is 2.08. The van der Waals surface area contributed by atoms with Crippen molar-refractivity contribution in [2.45, 2.75) is 13.8 Å². The molecule has 0 N–H and O–H groups in total. The largest absolute Gasteiger partial charge is 0.298 e. The Morgan fingerprint density at radius 2 is 1.71 bits per heavy atom. The second kappa shape index (κ2) is 4.50. The number of hydrogen-bond donors (Lipinski definition) is 0. The van der Waals surface area contributed by atoms with Crippen molar-refractivity contribution in [3.8, 4) is 11.1 Å². The summed E-state index contributed by atoms with van der Waals surface area (Å²) in [6.45, 7) is 3.99. The Kier molecular flexibility index (Phi) is 3.05. The lowest BCUT2D eigenvalue weighted by Crippen LogP contribution is -1.92. The van der Waals surface area contributed by atoms with E-state index in [1.165, 1.54) is 12.1 Å². The van der Waals surface area contributed by atoms with Crippen LogP contribution < -0.4 is 0 Å². The molecule has 0 atom stereocenters. The third kappa shape index (κ3) is 2.11. The summed E-state index contributed by atoms with van der Waals surface area (Å²) in [6.07, 6.45) is 0.532. The molecule has 0 spiro atoms. The fraction of sp³-hybridized carbons (Fsp3) is 0.133. The van der Waals surface area contributed by atoms with Crippen LogP contribution in [0, 0.1) is 19.7 Å². The molecule has 2 aromatic carbocycles. The predicted octanol–water partition coefficient (Wildman–Crippen LogP) is 3.92. The molecule has 0 unspecified atom stereocenters. The number of hydrogen-bond acceptors (Lipinski definition) is 1. The van der Waals surface area contributed by atoms with Gasteiger partial charge in [-0.25, -0.2) is 4.39 Å². The van der Waals surface area contributed by atoms with Crippen LogP contribution in [0.15, 0.2) is 36.4 Å². The summed E-state index contributed by atoms with van der Waals surface area (Å²) >= 11 is 0. The molecule has 0 aliphatic heterocycles. The summed E-state index contributed by atoms with van der Waals surface area (Å²) in [5.74, 6) is -0.472. The van der Waals surface area contributed by atoms with Gasteiger partial charge in [0.25, 0.3) is 0 Å². The van der Waals surface area contributed by atoms with Gasteiger partial charge in [-0.3, -0.25) is 4.79 Å². The Hall–Kier alpha value is -1.96. The lowest BCUT2D eigenvalue weighted by molar-refractivity contribution is 0.112. The van der Waals surface area contributed by atoms with Crippen molar-refractivity contribution in [3.63, 3.8) is 0 Å². The normalized spacial score (nSPS) is 10.3. The minimum Gasteiger partial charge on any atom is -0.298 e. The Morgan fingerprint density at radius 3 is 2.24 bits per heavy atom. The minimum absolute atomic E-state index is 0.0972. The maximum absolute atomic E-state index is 13.6. The van der Waals surface area contributed by atoms with E-state index in [0.717, 1.165) is 22.3 Å². The van der Waals surface area contributed by atoms with E-state index >= 15 is 0 Å². The van der Waals surface area contributed by atoms with Crippen LogP contribution in [0.5, 0.6) is 0 Å². The molecular formula is C15H13FO. The zero-order valence-corrected chi connectivity index (χ0v) is 9.83. The monoisotopic (exact) mass is 228 g/mol. The number of benzene rings is 2. The van der Waals surface area contributed by atoms with Crippen LogP contribution in [0.25, 0.3) is 11.1 Å². The van der Waals surface area contributed by atoms with E-state index in [4.69, 9.17) is 0 Å². The van der Waals surface area contributed by atoms with E-state index in [9.17, 15) is 9.18 Å². The lowest BCUT2D eigenvalue weighted by atomic mass is 9.95. The molecule has 0 saturated carbocycles. The number of aryl methyl sites for hydroxylation is 2. The predicted molar refractivity (Wildman–Crippen MR) is 66.7 cm³/mol. The van der Waals surface area contributed by atoms with Gasteiger partial charge < -0.3 is 0 Å². The van der Waals surface area contributed by atoms with Crippen molar-refractivity contribution >= 4 is 6.29 Å². The summed E-state index contributed by atoms with van der Waals surface area (Å²) in [4.78, 5) is 10.6. The van der Waals surface area contributed by atoms with Crippen LogP contribution in [0.4, 0.5) is 4.39 Å². The number of rotatable bonds is 2. The molecule has 0 aliphatic carbocycles. The lowest BCUT2D eigenvalue weighted by Gasteiger charge is -2.10. The minimum atomic E-state index is -0.472. The summed E-state index contributed by atoms with van der Waals surface area (Å²) in [5, 5.41) is 0. The third-order valence-corrected chi connectivity index (χ3v) is 2.90. The first-order chi connectivity index (χ1) is 8.13. The van der Waals surface area contributed by atoms with Crippen LogP contribution in [0.2, 0.25) is 0 Å². The van der Waals surface area contributed by atoms with E-state index < -0.39 is 5.82 Å². The highest BCUT2D eigenvalue weighted by molar-refractivity contribution is 5.78. The second-order valence-electron chi connectivity index (χ2n) is 4.12. The molecule has 0 aliphatic rings. The van der Waals surface area contributed by atoms with Gasteiger partial charge in [-0.05, 0) is 48.2 Å². The first-order valence-corrected chi connectivity index (χ1v) is 5.45. The van der Waals surface area contributed by atoms with Crippen molar-refractivity contribution in [1.29, 1.82) is 0 Å². The average Bonchev–Trinajstić information content (AvgIpc) is 2.29. The summed E-state index contributed by atoms with van der Waals surface area (Å²) in [6, 6.07) is 10.7. The molecule has 2 rings (SSSR count). The molecular weight excluding hydrogens is 215 g/mol. The quantitative estimate of drug-likeness (QED) is 0.712. The van der Waals surface area contributed by atoms with Crippen molar-refractivity contribution in [2.24, 2.45) is 0 Å². The number of halogens is 1. The zero-order valence-electron chi connectivity index (χ0n) is 9.83. The van der Waals surface area contributed by atoms with Gasteiger partial charge in [0.1, 0.15) is 5.82 Å². The third-order valence-electron chi connectivity index (χ3n) is 2.90. The van der Waals surface area contributed by atoms with E-state index in [2.05, 4.69) is 0 Å². The van der Waals surface area contributed by atoms with E-state index in [1.807, 2.05) is 32.0 Å². The fourth-order valence-electron chi connectivity index (χ4n) is 2.05. The summed E-state index contributed by atoms with van der Waals surface area (Å²) < 4.78 is 13.6. The van der Waals surface area contributed by atoms with Gasteiger partial charge in [0.2, 0.25) is 0 Å². The van der Waals surface area contributed by atoms with Gasteiger partial charge >= 0.3 is 0 Å². The second-order valence-corrected chi connectivity index (χ2v) is 4.12. The highest BCUT2D eigenvalue weighted by atomic mass is 19.1. The maximum atomic E-state index is 13.6. The van der Waals surface area contributed by atoms with Crippen LogP contribution in [0.1, 0.15) is 21.5 Å². The number of aldehydes is 1. The van der Waals surface area contributed by atoms with Crippen LogP contribution in [-0.2, 0) is 0 Å². The smallest absolute Gasteiger partial charge is 0.152 e. The SMILES string of the molecule is Cc1cccc(C)c1-c1ccc(C=O)c(F)c1. The van der Waals surface area contributed by atoms with Gasteiger partial charge in [0, 0.05) is 0 Å². The Labute approximate surface area is 99.9 Å². The van der Waals surface area contributed by atoms with Gasteiger partial charge in [-0.15, -0.1) is 0 Å². The zero-order chi connectivity index (χ0) is 12.4. The van der Waals surface area contributed by atoms with Gasteiger partial charge in [-0.2, -0.15) is 0 Å². The number of carbonyl (C=O) groups excluding carboxylic acids is 1. The van der Waals surface area contributed by atoms with Gasteiger partial charge in [0.15, 0.2) is 6.29 Å². The van der Waals surface area contributed by atoms with Crippen LogP contribution in [-0.4, -0.2) is 6.29 Å².